The Hall–Kier alpha value is -3.93. The minimum Gasteiger partial charge on any atom is -0.489 e. The summed E-state index contributed by atoms with van der Waals surface area (Å²) in [7, 11) is 0. The lowest BCUT2D eigenvalue weighted by molar-refractivity contribution is 0.306. The number of halogens is 1. The summed E-state index contributed by atoms with van der Waals surface area (Å²) in [4.78, 5) is 8.19. The van der Waals surface area contributed by atoms with Crippen molar-refractivity contribution in [3.63, 3.8) is 0 Å². The Morgan fingerprint density at radius 3 is 2.38 bits per heavy atom. The van der Waals surface area contributed by atoms with Crippen LogP contribution < -0.4 is 14.8 Å². The highest BCUT2D eigenvalue weighted by Gasteiger charge is 2.06. The zero-order valence-electron chi connectivity index (χ0n) is 15.5. The Labute approximate surface area is 167 Å². The molecule has 0 amide bonds. The van der Waals surface area contributed by atoms with Crippen LogP contribution in [-0.2, 0) is 6.61 Å². The fraction of sp³-hybridized carbons (Fsp3) is 0.0435. The van der Waals surface area contributed by atoms with Crippen molar-refractivity contribution in [3.05, 3.63) is 103 Å². The number of ether oxygens (including phenoxy) is 2. The fourth-order valence-corrected chi connectivity index (χ4v) is 2.63. The molecule has 1 aromatic heterocycles. The Morgan fingerprint density at radius 1 is 0.828 bits per heavy atom. The van der Waals surface area contributed by atoms with Crippen molar-refractivity contribution >= 4 is 11.5 Å². The van der Waals surface area contributed by atoms with Gasteiger partial charge in [0.25, 0.3) is 0 Å². The Kier molecular flexibility index (Phi) is 5.62. The van der Waals surface area contributed by atoms with Crippen LogP contribution >= 0.6 is 0 Å². The van der Waals surface area contributed by atoms with E-state index >= 15 is 0 Å². The lowest BCUT2D eigenvalue weighted by Crippen LogP contribution is -1.97. The number of anilines is 2. The molecule has 0 aliphatic carbocycles. The van der Waals surface area contributed by atoms with Gasteiger partial charge in [-0.15, -0.1) is 0 Å². The second kappa shape index (κ2) is 8.84. The van der Waals surface area contributed by atoms with Gasteiger partial charge in [-0.2, -0.15) is 0 Å². The highest BCUT2D eigenvalue weighted by molar-refractivity contribution is 5.57. The lowest BCUT2D eigenvalue weighted by atomic mass is 10.2. The number of nitrogens with zero attached hydrogens (tertiary/aromatic N) is 2. The molecule has 144 valence electrons. The summed E-state index contributed by atoms with van der Waals surface area (Å²) < 4.78 is 25.0. The van der Waals surface area contributed by atoms with Gasteiger partial charge in [0, 0.05) is 11.8 Å². The molecule has 4 aromatic rings. The van der Waals surface area contributed by atoms with Crippen molar-refractivity contribution in [3.8, 4) is 17.4 Å². The normalized spacial score (nSPS) is 10.4. The van der Waals surface area contributed by atoms with Crippen LogP contribution in [0.4, 0.5) is 15.9 Å². The first-order valence-electron chi connectivity index (χ1n) is 9.04. The number of aromatic nitrogens is 2. The number of hydrogen-bond donors (Lipinski definition) is 1. The molecule has 29 heavy (non-hydrogen) atoms. The molecule has 0 saturated carbocycles. The van der Waals surface area contributed by atoms with E-state index in [4.69, 9.17) is 9.47 Å². The first-order chi connectivity index (χ1) is 14.3. The first kappa shape index (κ1) is 18.4. The molecule has 6 heteroatoms. The Balaban J connectivity index is 1.38. The largest absolute Gasteiger partial charge is 0.489 e. The van der Waals surface area contributed by atoms with E-state index in [1.807, 2.05) is 54.6 Å². The first-order valence-corrected chi connectivity index (χ1v) is 9.04. The summed E-state index contributed by atoms with van der Waals surface area (Å²) in [6, 6.07) is 25.3. The summed E-state index contributed by atoms with van der Waals surface area (Å²) in [5.74, 6) is 1.20. The summed E-state index contributed by atoms with van der Waals surface area (Å²) >= 11 is 0. The van der Waals surface area contributed by atoms with Crippen molar-refractivity contribution in [2.75, 3.05) is 5.32 Å². The van der Waals surface area contributed by atoms with E-state index in [-0.39, 0.29) is 11.6 Å². The van der Waals surface area contributed by atoms with Crippen LogP contribution in [0.2, 0.25) is 0 Å². The Bertz CT molecular complexity index is 1070. The summed E-state index contributed by atoms with van der Waals surface area (Å²) in [5.41, 5.74) is 1.94. The van der Waals surface area contributed by atoms with Crippen molar-refractivity contribution in [2.24, 2.45) is 0 Å². The number of benzene rings is 3. The number of nitrogens with one attached hydrogen (secondary N) is 1. The molecular weight excluding hydrogens is 369 g/mol. The van der Waals surface area contributed by atoms with Gasteiger partial charge < -0.3 is 14.8 Å². The zero-order valence-corrected chi connectivity index (χ0v) is 15.5. The van der Waals surface area contributed by atoms with Gasteiger partial charge in [-0.1, -0.05) is 42.5 Å². The van der Waals surface area contributed by atoms with Crippen molar-refractivity contribution < 1.29 is 13.9 Å². The van der Waals surface area contributed by atoms with Crippen LogP contribution in [0.15, 0.2) is 91.3 Å². The SMILES string of the molecule is Fc1ccccc1Oc1cc(Nc2ccc(OCc3ccccc3)cc2)ncn1. The van der Waals surface area contributed by atoms with E-state index in [0.717, 1.165) is 17.0 Å². The van der Waals surface area contributed by atoms with Gasteiger partial charge in [0.1, 0.15) is 24.5 Å². The second-order valence-electron chi connectivity index (χ2n) is 6.20. The summed E-state index contributed by atoms with van der Waals surface area (Å²) in [5, 5.41) is 3.17. The molecule has 0 spiro atoms. The Morgan fingerprint density at radius 2 is 1.59 bits per heavy atom. The quantitative estimate of drug-likeness (QED) is 0.439. The van der Waals surface area contributed by atoms with Crippen molar-refractivity contribution in [2.45, 2.75) is 6.61 Å². The number of rotatable bonds is 7. The third kappa shape index (κ3) is 5.07. The van der Waals surface area contributed by atoms with E-state index in [0.29, 0.717) is 12.4 Å². The molecule has 5 nitrogen and oxygen atoms in total. The minimum absolute atomic E-state index is 0.108. The predicted octanol–water partition coefficient (Wildman–Crippen LogP) is 5.73. The van der Waals surface area contributed by atoms with Gasteiger partial charge in [0.2, 0.25) is 5.88 Å². The van der Waals surface area contributed by atoms with E-state index in [9.17, 15) is 4.39 Å². The minimum atomic E-state index is -0.452. The van der Waals surface area contributed by atoms with Gasteiger partial charge in [-0.3, -0.25) is 0 Å². The topological polar surface area (TPSA) is 56.3 Å². The third-order valence-corrected chi connectivity index (χ3v) is 4.07. The maximum Gasteiger partial charge on any atom is 0.224 e. The number of hydrogen-bond acceptors (Lipinski definition) is 5. The van der Waals surface area contributed by atoms with Crippen LogP contribution in [0, 0.1) is 5.82 Å². The molecule has 0 bridgehead atoms. The maximum absolute atomic E-state index is 13.7. The van der Waals surface area contributed by atoms with Crippen LogP contribution in [0.1, 0.15) is 5.56 Å². The third-order valence-electron chi connectivity index (χ3n) is 4.07. The average Bonchev–Trinajstić information content (AvgIpc) is 2.76. The molecule has 3 aromatic carbocycles. The van der Waals surface area contributed by atoms with Crippen LogP contribution in [-0.4, -0.2) is 9.97 Å². The van der Waals surface area contributed by atoms with E-state index in [2.05, 4.69) is 15.3 Å². The van der Waals surface area contributed by atoms with Crippen LogP contribution in [0.3, 0.4) is 0 Å². The molecule has 0 aliphatic rings. The van der Waals surface area contributed by atoms with Gasteiger partial charge >= 0.3 is 0 Å². The standard InChI is InChI=1S/C23H18FN3O2/c24-20-8-4-5-9-21(20)29-23-14-22(25-16-26-23)27-18-10-12-19(13-11-18)28-15-17-6-2-1-3-7-17/h1-14,16H,15H2,(H,25,26,27). The lowest BCUT2D eigenvalue weighted by Gasteiger charge is -2.10. The fourth-order valence-electron chi connectivity index (χ4n) is 2.63. The highest BCUT2D eigenvalue weighted by atomic mass is 19.1. The van der Waals surface area contributed by atoms with Gasteiger partial charge in [-0.25, -0.2) is 14.4 Å². The van der Waals surface area contributed by atoms with Crippen molar-refractivity contribution in [1.82, 2.24) is 9.97 Å². The summed E-state index contributed by atoms with van der Waals surface area (Å²) in [6.45, 7) is 0.510. The van der Waals surface area contributed by atoms with E-state index < -0.39 is 5.82 Å². The van der Waals surface area contributed by atoms with Gasteiger partial charge in [-0.05, 0) is 42.0 Å². The second-order valence-corrected chi connectivity index (χ2v) is 6.20. The van der Waals surface area contributed by atoms with E-state index in [1.54, 1.807) is 24.3 Å². The highest BCUT2D eigenvalue weighted by Crippen LogP contribution is 2.25. The predicted molar refractivity (Wildman–Crippen MR) is 109 cm³/mol. The molecule has 4 rings (SSSR count). The molecular formula is C23H18FN3O2. The maximum atomic E-state index is 13.7. The average molecular weight is 387 g/mol. The van der Waals surface area contributed by atoms with Crippen LogP contribution in [0.25, 0.3) is 0 Å². The molecule has 0 saturated heterocycles. The smallest absolute Gasteiger partial charge is 0.224 e. The monoisotopic (exact) mass is 387 g/mol. The summed E-state index contributed by atoms with van der Waals surface area (Å²) in [6.07, 6.45) is 1.36. The zero-order chi connectivity index (χ0) is 19.9. The number of para-hydroxylation sites is 1. The van der Waals surface area contributed by atoms with E-state index in [1.165, 1.54) is 12.4 Å². The molecule has 0 fully saturated rings. The molecule has 0 radical (unpaired) electrons. The molecule has 1 N–H and O–H groups in total. The van der Waals surface area contributed by atoms with Crippen molar-refractivity contribution in [1.29, 1.82) is 0 Å². The van der Waals surface area contributed by atoms with Gasteiger partial charge in [0.15, 0.2) is 11.6 Å². The van der Waals surface area contributed by atoms with Crippen LogP contribution in [0.5, 0.6) is 17.4 Å². The molecule has 0 atom stereocenters. The molecule has 0 aliphatic heterocycles. The van der Waals surface area contributed by atoms with Gasteiger partial charge in [0.05, 0.1) is 0 Å². The molecule has 1 heterocycles. The molecule has 0 unspecified atom stereocenters.